The van der Waals surface area contributed by atoms with E-state index in [0.717, 1.165) is 28.1 Å². The smallest absolute Gasteiger partial charge is 0.336 e. The van der Waals surface area contributed by atoms with Crippen molar-refractivity contribution < 1.29 is 13.9 Å². The molecule has 0 aliphatic heterocycles. The lowest BCUT2D eigenvalue weighted by Gasteiger charge is -2.06. The molecule has 0 unspecified atom stereocenters. The summed E-state index contributed by atoms with van der Waals surface area (Å²) < 4.78 is 18.6. The molecule has 3 aromatic carbocycles. The van der Waals surface area contributed by atoms with Crippen LogP contribution in [-0.4, -0.2) is 15.0 Å². The molecule has 0 saturated carbocycles. The molecule has 0 aliphatic rings. The van der Waals surface area contributed by atoms with E-state index >= 15 is 0 Å². The Labute approximate surface area is 183 Å². The average Bonchev–Trinajstić information content (AvgIpc) is 3.28. The molecule has 158 valence electrons. The van der Waals surface area contributed by atoms with Crippen LogP contribution in [0.2, 0.25) is 0 Å². The molecule has 0 saturated heterocycles. The Morgan fingerprint density at radius 2 is 1.66 bits per heavy atom. The molecule has 0 amide bonds. The lowest BCUT2D eigenvalue weighted by molar-refractivity contribution is 0.301. The highest BCUT2D eigenvalue weighted by atomic mass is 16.5. The number of rotatable bonds is 6. The molecule has 7 heteroatoms. The van der Waals surface area contributed by atoms with Crippen molar-refractivity contribution in [3.63, 3.8) is 0 Å². The van der Waals surface area contributed by atoms with Crippen LogP contribution in [0.1, 0.15) is 11.3 Å². The van der Waals surface area contributed by atoms with Gasteiger partial charge in [-0.2, -0.15) is 0 Å². The number of ether oxygens (including phenoxy) is 2. The number of hydrogen-bond donors (Lipinski definition) is 0. The van der Waals surface area contributed by atoms with E-state index in [0.29, 0.717) is 17.0 Å². The van der Waals surface area contributed by atoms with Crippen LogP contribution in [0.15, 0.2) is 94.3 Å². The van der Waals surface area contributed by atoms with Crippen molar-refractivity contribution in [2.45, 2.75) is 13.5 Å². The summed E-state index contributed by atoms with van der Waals surface area (Å²) in [7, 11) is 0. The van der Waals surface area contributed by atoms with Gasteiger partial charge in [0, 0.05) is 17.5 Å². The van der Waals surface area contributed by atoms with E-state index in [-0.39, 0.29) is 12.2 Å². The third kappa shape index (κ3) is 4.22. The molecule has 2 aromatic heterocycles. The molecule has 0 fully saturated rings. The van der Waals surface area contributed by atoms with Crippen LogP contribution in [0.5, 0.6) is 17.2 Å². The average molecular weight is 425 g/mol. The number of benzene rings is 3. The van der Waals surface area contributed by atoms with Gasteiger partial charge in [0.1, 0.15) is 35.1 Å². The molecular formula is C25H19N3O4. The van der Waals surface area contributed by atoms with Crippen LogP contribution >= 0.6 is 0 Å². The minimum absolute atomic E-state index is 0.233. The third-order valence-corrected chi connectivity index (χ3v) is 4.93. The van der Waals surface area contributed by atoms with Crippen molar-refractivity contribution in [1.82, 2.24) is 15.0 Å². The molecular weight excluding hydrogens is 406 g/mol. The Morgan fingerprint density at radius 1 is 0.906 bits per heavy atom. The summed E-state index contributed by atoms with van der Waals surface area (Å²) in [6, 6.07) is 24.1. The van der Waals surface area contributed by atoms with Crippen LogP contribution in [0.3, 0.4) is 0 Å². The van der Waals surface area contributed by atoms with Crippen molar-refractivity contribution >= 4 is 11.0 Å². The number of para-hydroxylation sites is 1. The number of fused-ring (bicyclic) bond motifs is 1. The summed E-state index contributed by atoms with van der Waals surface area (Å²) in [4.78, 5) is 11.6. The summed E-state index contributed by atoms with van der Waals surface area (Å²) in [5, 5.41) is 9.22. The first-order chi connectivity index (χ1) is 15.6. The molecule has 7 nitrogen and oxygen atoms in total. The van der Waals surface area contributed by atoms with Gasteiger partial charge < -0.3 is 13.9 Å². The first-order valence-corrected chi connectivity index (χ1v) is 10.1. The van der Waals surface area contributed by atoms with Gasteiger partial charge in [-0.15, -0.1) is 5.10 Å². The van der Waals surface area contributed by atoms with E-state index in [1.807, 2.05) is 73.7 Å². The van der Waals surface area contributed by atoms with E-state index in [4.69, 9.17) is 13.9 Å². The molecule has 0 spiro atoms. The zero-order valence-electron chi connectivity index (χ0n) is 17.3. The van der Waals surface area contributed by atoms with Gasteiger partial charge in [0.05, 0.1) is 11.9 Å². The Hall–Kier alpha value is -4.39. The molecule has 5 rings (SSSR count). The van der Waals surface area contributed by atoms with Crippen LogP contribution in [0.25, 0.3) is 16.7 Å². The number of aryl methyl sites for hydroxylation is 1. The van der Waals surface area contributed by atoms with Crippen molar-refractivity contribution in [3.8, 4) is 22.9 Å². The highest BCUT2D eigenvalue weighted by Gasteiger charge is 2.07. The highest BCUT2D eigenvalue weighted by Crippen LogP contribution is 2.24. The van der Waals surface area contributed by atoms with Crippen LogP contribution in [0, 0.1) is 6.92 Å². The van der Waals surface area contributed by atoms with Crippen molar-refractivity contribution in [1.29, 1.82) is 0 Å². The van der Waals surface area contributed by atoms with Crippen LogP contribution < -0.4 is 15.1 Å². The maximum atomic E-state index is 11.6. The summed E-state index contributed by atoms with van der Waals surface area (Å²) in [5.74, 6) is 2.11. The molecule has 0 bridgehead atoms. The Morgan fingerprint density at radius 3 is 2.47 bits per heavy atom. The van der Waals surface area contributed by atoms with Crippen LogP contribution in [0.4, 0.5) is 0 Å². The van der Waals surface area contributed by atoms with Gasteiger partial charge in [-0.3, -0.25) is 0 Å². The van der Waals surface area contributed by atoms with E-state index in [2.05, 4.69) is 10.3 Å². The maximum absolute atomic E-state index is 11.6. The summed E-state index contributed by atoms with van der Waals surface area (Å²) in [6.45, 7) is 2.11. The van der Waals surface area contributed by atoms with E-state index < -0.39 is 0 Å². The standard InChI is InChI=1S/C25H19N3O4/c1-17-13-25(29)32-24-14-22(11-12-23(17)24)30-16-18-15-28(27-26-18)19-7-9-21(10-8-19)31-20-5-3-2-4-6-20/h2-15H,16H2,1H3. The normalized spacial score (nSPS) is 10.9. The van der Waals surface area contributed by atoms with E-state index in [9.17, 15) is 4.79 Å². The second-order valence-corrected chi connectivity index (χ2v) is 7.26. The Bertz CT molecular complexity index is 1420. The minimum atomic E-state index is -0.379. The second kappa shape index (κ2) is 8.39. The van der Waals surface area contributed by atoms with Crippen molar-refractivity contribution in [2.24, 2.45) is 0 Å². The summed E-state index contributed by atoms with van der Waals surface area (Å²) in [5.41, 5.74) is 2.50. The summed E-state index contributed by atoms with van der Waals surface area (Å²) in [6.07, 6.45) is 1.80. The molecule has 2 heterocycles. The first-order valence-electron chi connectivity index (χ1n) is 10.1. The number of nitrogens with zero attached hydrogens (tertiary/aromatic N) is 3. The fourth-order valence-corrected chi connectivity index (χ4v) is 3.33. The molecule has 32 heavy (non-hydrogen) atoms. The Kier molecular flexibility index (Phi) is 5.13. The van der Waals surface area contributed by atoms with Gasteiger partial charge in [-0.05, 0) is 61.0 Å². The molecule has 0 N–H and O–H groups in total. The molecule has 0 atom stereocenters. The van der Waals surface area contributed by atoms with E-state index in [1.165, 1.54) is 6.07 Å². The number of aromatic nitrogens is 3. The topological polar surface area (TPSA) is 79.4 Å². The predicted octanol–water partition coefficient (Wildman–Crippen LogP) is 5.05. The highest BCUT2D eigenvalue weighted by molar-refractivity contribution is 5.81. The predicted molar refractivity (Wildman–Crippen MR) is 119 cm³/mol. The first kappa shape index (κ1) is 19.6. The second-order valence-electron chi connectivity index (χ2n) is 7.26. The fourth-order valence-electron chi connectivity index (χ4n) is 3.33. The summed E-state index contributed by atoms with van der Waals surface area (Å²) >= 11 is 0. The quantitative estimate of drug-likeness (QED) is 0.354. The van der Waals surface area contributed by atoms with Gasteiger partial charge in [0.2, 0.25) is 0 Å². The molecule has 0 radical (unpaired) electrons. The van der Waals surface area contributed by atoms with Gasteiger partial charge in [0.15, 0.2) is 0 Å². The van der Waals surface area contributed by atoms with E-state index in [1.54, 1.807) is 16.9 Å². The van der Waals surface area contributed by atoms with Crippen molar-refractivity contribution in [2.75, 3.05) is 0 Å². The zero-order chi connectivity index (χ0) is 21.9. The lowest BCUT2D eigenvalue weighted by atomic mass is 10.1. The lowest BCUT2D eigenvalue weighted by Crippen LogP contribution is -1.99. The largest absolute Gasteiger partial charge is 0.487 e. The van der Waals surface area contributed by atoms with Crippen molar-refractivity contribution in [3.05, 3.63) is 107 Å². The van der Waals surface area contributed by atoms with Crippen LogP contribution in [-0.2, 0) is 6.61 Å². The van der Waals surface area contributed by atoms with Gasteiger partial charge in [-0.1, -0.05) is 23.4 Å². The van der Waals surface area contributed by atoms with Gasteiger partial charge in [-0.25, -0.2) is 9.48 Å². The number of hydrogen-bond acceptors (Lipinski definition) is 6. The molecule has 5 aromatic rings. The SMILES string of the molecule is Cc1cc(=O)oc2cc(OCc3cn(-c4ccc(Oc5ccccc5)cc4)nn3)ccc12. The molecule has 0 aliphatic carbocycles. The maximum Gasteiger partial charge on any atom is 0.336 e. The third-order valence-electron chi connectivity index (χ3n) is 4.93. The zero-order valence-corrected chi connectivity index (χ0v) is 17.3. The van der Waals surface area contributed by atoms with Gasteiger partial charge >= 0.3 is 5.63 Å². The monoisotopic (exact) mass is 425 g/mol. The Balaban J connectivity index is 1.26. The van der Waals surface area contributed by atoms with Gasteiger partial charge in [0.25, 0.3) is 0 Å². The fraction of sp³-hybridized carbons (Fsp3) is 0.0800. The minimum Gasteiger partial charge on any atom is -0.487 e.